The number of hydrogen-bond acceptors (Lipinski definition) is 2. The van der Waals surface area contributed by atoms with Crippen LogP contribution in [0.3, 0.4) is 0 Å². The molecule has 0 radical (unpaired) electrons. The van der Waals surface area contributed by atoms with Crippen molar-refractivity contribution in [2.45, 2.75) is 58.9 Å². The third kappa shape index (κ3) is 10.8. The summed E-state index contributed by atoms with van der Waals surface area (Å²) in [6.07, 6.45) is 6.52. The summed E-state index contributed by atoms with van der Waals surface area (Å²) in [7, 11) is 3.97. The van der Waals surface area contributed by atoms with Crippen molar-refractivity contribution >= 4 is 5.96 Å². The minimum Gasteiger partial charge on any atom is -0.355 e. The van der Waals surface area contributed by atoms with Crippen LogP contribution < -0.4 is 10.6 Å². The summed E-state index contributed by atoms with van der Waals surface area (Å²) >= 11 is 0. The molecule has 0 aromatic carbocycles. The van der Waals surface area contributed by atoms with Crippen LogP contribution >= 0.6 is 0 Å². The first-order valence-electron chi connectivity index (χ1n) is 7.79. The normalized spacial score (nSPS) is 13.7. The zero-order valence-electron chi connectivity index (χ0n) is 13.6. The molecule has 1 unspecified atom stereocenters. The fraction of sp³-hybridized carbons (Fsp3) is 0.933. The van der Waals surface area contributed by atoms with Gasteiger partial charge in [-0.05, 0) is 26.9 Å². The molecular weight excluding hydrogens is 236 g/mol. The standard InChI is InChI=1S/C15H34N4/c1-6-8-9-10-11-14(3)18-15(16-4)17-12-13-19(5)7-2/h14H,6-13H2,1-5H3,(H2,16,17,18). The molecular formula is C15H34N4. The van der Waals surface area contributed by atoms with Crippen LogP contribution in [0.4, 0.5) is 0 Å². The summed E-state index contributed by atoms with van der Waals surface area (Å²) in [6, 6.07) is 0.493. The number of aliphatic imine (C=N–C) groups is 1. The van der Waals surface area contributed by atoms with Crippen molar-refractivity contribution in [3.8, 4) is 0 Å². The Morgan fingerprint density at radius 3 is 2.53 bits per heavy atom. The van der Waals surface area contributed by atoms with Crippen molar-refractivity contribution in [3.05, 3.63) is 0 Å². The molecule has 0 heterocycles. The second-order valence-electron chi connectivity index (χ2n) is 5.29. The Morgan fingerprint density at radius 1 is 1.21 bits per heavy atom. The van der Waals surface area contributed by atoms with E-state index in [1.165, 1.54) is 32.1 Å². The quantitative estimate of drug-likeness (QED) is 0.364. The highest BCUT2D eigenvalue weighted by atomic mass is 15.2. The molecule has 19 heavy (non-hydrogen) atoms. The fourth-order valence-corrected chi connectivity index (χ4v) is 1.90. The van der Waals surface area contributed by atoms with Gasteiger partial charge in [-0.1, -0.05) is 39.5 Å². The first-order chi connectivity index (χ1) is 9.13. The Hall–Kier alpha value is -0.770. The van der Waals surface area contributed by atoms with Gasteiger partial charge in [0.15, 0.2) is 5.96 Å². The number of rotatable bonds is 10. The molecule has 114 valence electrons. The Balaban J connectivity index is 3.73. The van der Waals surface area contributed by atoms with E-state index >= 15 is 0 Å². The Labute approximate surface area is 120 Å². The average Bonchev–Trinajstić information content (AvgIpc) is 2.42. The second kappa shape index (κ2) is 12.3. The van der Waals surface area contributed by atoms with Crippen molar-refractivity contribution in [1.29, 1.82) is 0 Å². The van der Waals surface area contributed by atoms with Crippen LogP contribution in [0.5, 0.6) is 0 Å². The van der Waals surface area contributed by atoms with Gasteiger partial charge in [-0.15, -0.1) is 0 Å². The molecule has 0 amide bonds. The first kappa shape index (κ1) is 18.2. The van der Waals surface area contributed by atoms with E-state index in [-0.39, 0.29) is 0 Å². The third-order valence-electron chi connectivity index (χ3n) is 3.42. The molecule has 0 spiro atoms. The van der Waals surface area contributed by atoms with Crippen LogP contribution in [0.15, 0.2) is 4.99 Å². The lowest BCUT2D eigenvalue weighted by Crippen LogP contribution is -2.44. The molecule has 2 N–H and O–H groups in total. The van der Waals surface area contributed by atoms with Gasteiger partial charge in [0.25, 0.3) is 0 Å². The maximum absolute atomic E-state index is 4.27. The summed E-state index contributed by atoms with van der Waals surface area (Å²) in [5.74, 6) is 0.924. The number of guanidine groups is 1. The molecule has 0 aliphatic heterocycles. The Morgan fingerprint density at radius 2 is 1.95 bits per heavy atom. The molecule has 0 aromatic rings. The highest BCUT2D eigenvalue weighted by Crippen LogP contribution is 2.04. The van der Waals surface area contributed by atoms with Gasteiger partial charge in [0, 0.05) is 26.2 Å². The minimum atomic E-state index is 0.493. The van der Waals surface area contributed by atoms with Gasteiger partial charge in [0.1, 0.15) is 0 Å². The van der Waals surface area contributed by atoms with Gasteiger partial charge in [0.2, 0.25) is 0 Å². The van der Waals surface area contributed by atoms with E-state index < -0.39 is 0 Å². The molecule has 1 atom stereocenters. The molecule has 4 heteroatoms. The third-order valence-corrected chi connectivity index (χ3v) is 3.42. The highest BCUT2D eigenvalue weighted by Gasteiger charge is 2.04. The zero-order valence-corrected chi connectivity index (χ0v) is 13.6. The molecule has 0 saturated heterocycles. The number of unbranched alkanes of at least 4 members (excludes halogenated alkanes) is 3. The van der Waals surface area contributed by atoms with Gasteiger partial charge in [0.05, 0.1) is 0 Å². The Bertz CT molecular complexity index is 228. The van der Waals surface area contributed by atoms with Gasteiger partial charge < -0.3 is 15.5 Å². The zero-order chi connectivity index (χ0) is 14.5. The summed E-state index contributed by atoms with van der Waals surface area (Å²) in [5.41, 5.74) is 0. The van der Waals surface area contributed by atoms with E-state index in [4.69, 9.17) is 0 Å². The minimum absolute atomic E-state index is 0.493. The van der Waals surface area contributed by atoms with Crippen molar-refractivity contribution in [2.75, 3.05) is 33.7 Å². The van der Waals surface area contributed by atoms with Crippen LogP contribution in [0, 0.1) is 0 Å². The summed E-state index contributed by atoms with van der Waals surface area (Å²) in [5, 5.41) is 6.82. The lowest BCUT2D eigenvalue weighted by molar-refractivity contribution is 0.356. The van der Waals surface area contributed by atoms with Gasteiger partial charge in [-0.3, -0.25) is 4.99 Å². The van der Waals surface area contributed by atoms with E-state index in [9.17, 15) is 0 Å². The lowest BCUT2D eigenvalue weighted by Gasteiger charge is -2.19. The van der Waals surface area contributed by atoms with Crippen LogP contribution in [0.25, 0.3) is 0 Å². The number of likely N-dealkylation sites (N-methyl/N-ethyl adjacent to an activating group) is 1. The number of hydrogen-bond donors (Lipinski definition) is 2. The molecule has 0 saturated carbocycles. The number of nitrogens with one attached hydrogen (secondary N) is 2. The predicted octanol–water partition coefficient (Wildman–Crippen LogP) is 2.46. The van der Waals surface area contributed by atoms with E-state index in [1.807, 2.05) is 7.05 Å². The predicted molar refractivity (Wildman–Crippen MR) is 85.9 cm³/mol. The maximum Gasteiger partial charge on any atom is 0.191 e. The smallest absolute Gasteiger partial charge is 0.191 e. The SMILES string of the molecule is CCCCCCC(C)NC(=NC)NCCN(C)CC. The maximum atomic E-state index is 4.27. The largest absolute Gasteiger partial charge is 0.355 e. The number of nitrogens with zero attached hydrogens (tertiary/aromatic N) is 2. The Kier molecular flexibility index (Phi) is 11.8. The van der Waals surface area contributed by atoms with Crippen molar-refractivity contribution in [3.63, 3.8) is 0 Å². The van der Waals surface area contributed by atoms with Crippen molar-refractivity contribution < 1.29 is 0 Å². The lowest BCUT2D eigenvalue weighted by atomic mass is 10.1. The molecule has 0 fully saturated rings. The van der Waals surface area contributed by atoms with Gasteiger partial charge in [-0.2, -0.15) is 0 Å². The van der Waals surface area contributed by atoms with E-state index in [0.717, 1.165) is 25.6 Å². The highest BCUT2D eigenvalue weighted by molar-refractivity contribution is 5.79. The van der Waals surface area contributed by atoms with Crippen LogP contribution in [0.1, 0.15) is 52.9 Å². The van der Waals surface area contributed by atoms with Crippen molar-refractivity contribution in [1.82, 2.24) is 15.5 Å². The summed E-state index contributed by atoms with van der Waals surface area (Å²) in [4.78, 5) is 6.56. The van der Waals surface area contributed by atoms with Crippen molar-refractivity contribution in [2.24, 2.45) is 4.99 Å². The molecule has 4 nitrogen and oxygen atoms in total. The van der Waals surface area contributed by atoms with Crippen LogP contribution in [-0.2, 0) is 0 Å². The average molecular weight is 270 g/mol. The molecule has 0 rings (SSSR count). The van der Waals surface area contributed by atoms with E-state index in [2.05, 4.69) is 48.3 Å². The van der Waals surface area contributed by atoms with Crippen LogP contribution in [-0.4, -0.2) is 50.6 Å². The summed E-state index contributed by atoms with van der Waals surface area (Å²) < 4.78 is 0. The van der Waals surface area contributed by atoms with E-state index in [1.54, 1.807) is 0 Å². The summed E-state index contributed by atoms with van der Waals surface area (Å²) in [6.45, 7) is 9.72. The van der Waals surface area contributed by atoms with Gasteiger partial charge in [-0.25, -0.2) is 0 Å². The molecule has 0 aliphatic rings. The monoisotopic (exact) mass is 270 g/mol. The fourth-order valence-electron chi connectivity index (χ4n) is 1.90. The molecule has 0 aliphatic carbocycles. The van der Waals surface area contributed by atoms with Gasteiger partial charge >= 0.3 is 0 Å². The van der Waals surface area contributed by atoms with E-state index in [0.29, 0.717) is 6.04 Å². The molecule has 0 aromatic heterocycles. The first-order valence-corrected chi connectivity index (χ1v) is 7.79. The molecule has 0 bridgehead atoms. The topological polar surface area (TPSA) is 39.7 Å². The van der Waals surface area contributed by atoms with Crippen LogP contribution in [0.2, 0.25) is 0 Å². The second-order valence-corrected chi connectivity index (χ2v) is 5.29.